The van der Waals surface area contributed by atoms with Crippen molar-refractivity contribution in [1.82, 2.24) is 25.2 Å². The third kappa shape index (κ3) is 4.27. The van der Waals surface area contributed by atoms with Crippen LogP contribution in [0.15, 0.2) is 16.9 Å². The van der Waals surface area contributed by atoms with Gasteiger partial charge in [0.05, 0.1) is 37.0 Å². The summed E-state index contributed by atoms with van der Waals surface area (Å²) < 4.78 is 7.65. The Labute approximate surface area is 129 Å². The Morgan fingerprint density at radius 2 is 2.35 bits per heavy atom. The number of carbonyl (C=O) groups excluding carboxylic acids is 1. The van der Waals surface area contributed by atoms with Gasteiger partial charge in [-0.25, -0.2) is 0 Å². The van der Waals surface area contributed by atoms with Crippen LogP contribution in [0, 0.1) is 3.57 Å². The molecule has 2 N–H and O–H groups in total. The van der Waals surface area contributed by atoms with Crippen molar-refractivity contribution in [2.24, 2.45) is 0 Å². The molecule has 2 heterocycles. The first-order chi connectivity index (χ1) is 9.54. The van der Waals surface area contributed by atoms with Gasteiger partial charge in [-0.15, -0.1) is 0 Å². The highest BCUT2D eigenvalue weighted by Crippen LogP contribution is 2.04. The Morgan fingerprint density at radius 3 is 3.00 bits per heavy atom. The molecule has 0 fully saturated rings. The predicted octanol–water partition coefficient (Wildman–Crippen LogP) is -1.21. The van der Waals surface area contributed by atoms with E-state index in [9.17, 15) is 4.79 Å². The zero-order chi connectivity index (χ0) is 14.5. The highest BCUT2D eigenvalue weighted by Gasteiger charge is 2.15. The number of rotatable bonds is 6. The molecule has 0 aliphatic rings. The molecule has 0 atom stereocenters. The molecule has 0 saturated heterocycles. The lowest BCUT2D eigenvalue weighted by Crippen LogP contribution is -3.06. The van der Waals surface area contributed by atoms with E-state index in [2.05, 4.69) is 43.1 Å². The first-order valence-electron chi connectivity index (χ1n) is 6.12. The smallest absolute Gasteiger partial charge is 0.316 e. The molecule has 108 valence electrons. The molecule has 0 aliphatic carbocycles. The van der Waals surface area contributed by atoms with Gasteiger partial charge in [-0.1, -0.05) is 5.16 Å². The number of hydrogen-bond donors (Lipinski definition) is 2. The van der Waals surface area contributed by atoms with E-state index in [1.807, 2.05) is 20.3 Å². The summed E-state index contributed by atoms with van der Waals surface area (Å²) >= 11 is 2.17. The zero-order valence-electron chi connectivity index (χ0n) is 11.3. The molecule has 0 radical (unpaired) electrons. The average Bonchev–Trinajstić information content (AvgIpc) is 2.99. The largest absolute Gasteiger partial charge is 0.342 e. The average molecular weight is 391 g/mol. The molecule has 9 heteroatoms. The maximum absolute atomic E-state index is 11.8. The van der Waals surface area contributed by atoms with E-state index in [1.54, 1.807) is 10.9 Å². The van der Waals surface area contributed by atoms with E-state index in [1.165, 1.54) is 4.90 Å². The lowest BCUT2D eigenvalue weighted by molar-refractivity contribution is -0.856. The fraction of sp³-hybridized carbons (Fsp3) is 0.455. The molecule has 2 aromatic heterocycles. The van der Waals surface area contributed by atoms with Crippen LogP contribution in [0.4, 0.5) is 0 Å². The minimum Gasteiger partial charge on any atom is -0.342 e. The second-order valence-electron chi connectivity index (χ2n) is 4.58. The highest BCUT2D eigenvalue weighted by atomic mass is 127. The predicted molar refractivity (Wildman–Crippen MR) is 78.4 cm³/mol. The van der Waals surface area contributed by atoms with Crippen LogP contribution in [0.5, 0.6) is 0 Å². The molecule has 2 aromatic rings. The summed E-state index contributed by atoms with van der Waals surface area (Å²) in [5.74, 6) is 0.0588. The summed E-state index contributed by atoms with van der Waals surface area (Å²) in [6.45, 7) is 1.77. The van der Waals surface area contributed by atoms with E-state index in [0.717, 1.165) is 10.1 Å². The molecule has 0 aliphatic heterocycles. The third-order valence-electron chi connectivity index (χ3n) is 2.48. The van der Waals surface area contributed by atoms with Crippen molar-refractivity contribution in [2.75, 3.05) is 27.2 Å². The number of halogens is 1. The summed E-state index contributed by atoms with van der Waals surface area (Å²) in [7, 11) is 4.03. The van der Waals surface area contributed by atoms with Gasteiger partial charge in [0.2, 0.25) is 0 Å². The molecule has 20 heavy (non-hydrogen) atoms. The molecule has 0 saturated carbocycles. The minimum atomic E-state index is -0.347. The first kappa shape index (κ1) is 14.9. The summed E-state index contributed by atoms with van der Waals surface area (Å²) in [5, 5.41) is 10.6. The van der Waals surface area contributed by atoms with Crippen molar-refractivity contribution >= 4 is 28.5 Å². The Balaban J connectivity index is 1.89. The Kier molecular flexibility index (Phi) is 5.06. The molecular weight excluding hydrogens is 375 g/mol. The van der Waals surface area contributed by atoms with Crippen molar-refractivity contribution in [3.8, 4) is 0 Å². The number of nitrogens with one attached hydrogen (secondary N) is 2. The van der Waals surface area contributed by atoms with Crippen molar-refractivity contribution in [3.05, 3.63) is 27.7 Å². The Hall–Kier alpha value is -1.49. The van der Waals surface area contributed by atoms with Gasteiger partial charge < -0.3 is 14.7 Å². The van der Waals surface area contributed by atoms with Crippen molar-refractivity contribution in [1.29, 1.82) is 0 Å². The topological polar surface area (TPSA) is 90.3 Å². The second-order valence-corrected chi connectivity index (χ2v) is 5.83. The van der Waals surface area contributed by atoms with Crippen molar-refractivity contribution in [2.45, 2.75) is 6.54 Å². The van der Waals surface area contributed by atoms with Crippen LogP contribution in [-0.4, -0.2) is 53.0 Å². The van der Waals surface area contributed by atoms with E-state index in [-0.39, 0.29) is 11.8 Å². The van der Waals surface area contributed by atoms with E-state index < -0.39 is 0 Å². The van der Waals surface area contributed by atoms with E-state index >= 15 is 0 Å². The third-order valence-corrected chi connectivity index (χ3v) is 3.04. The van der Waals surface area contributed by atoms with Crippen LogP contribution < -0.4 is 10.2 Å². The number of quaternary nitrogens is 1. The number of amides is 1. The molecule has 2 rings (SSSR count). The minimum absolute atomic E-state index is 0.0180. The zero-order valence-corrected chi connectivity index (χ0v) is 13.4. The fourth-order valence-corrected chi connectivity index (χ4v) is 1.93. The second kappa shape index (κ2) is 6.79. The van der Waals surface area contributed by atoms with E-state index in [0.29, 0.717) is 18.9 Å². The normalized spacial score (nSPS) is 11.0. The van der Waals surface area contributed by atoms with Crippen LogP contribution in [0.2, 0.25) is 0 Å². The summed E-state index contributed by atoms with van der Waals surface area (Å²) in [5.41, 5.74) is 0. The molecular formula is C11H16IN6O2+. The Bertz CT molecular complexity index is 579. The van der Waals surface area contributed by atoms with E-state index in [4.69, 9.17) is 4.52 Å². The highest BCUT2D eigenvalue weighted by molar-refractivity contribution is 14.1. The van der Waals surface area contributed by atoms with Gasteiger partial charge in [0, 0.05) is 6.20 Å². The number of nitrogens with zero attached hydrogens (tertiary/aromatic N) is 4. The summed E-state index contributed by atoms with van der Waals surface area (Å²) in [6.07, 6.45) is 3.59. The molecule has 0 unspecified atom stereocenters. The summed E-state index contributed by atoms with van der Waals surface area (Å²) in [6, 6.07) is 0. The van der Waals surface area contributed by atoms with Gasteiger partial charge in [0.25, 0.3) is 0 Å². The van der Waals surface area contributed by atoms with Gasteiger partial charge in [-0.3, -0.25) is 9.48 Å². The van der Waals surface area contributed by atoms with Crippen LogP contribution in [0.1, 0.15) is 16.5 Å². The molecule has 0 aromatic carbocycles. The van der Waals surface area contributed by atoms with Gasteiger partial charge in [-0.05, 0) is 22.6 Å². The lowest BCUT2D eigenvalue weighted by Gasteiger charge is -2.06. The molecule has 1 amide bonds. The molecule has 0 spiro atoms. The number of likely N-dealkylation sites (N-methyl/N-ethyl adjacent to an activating group) is 1. The number of aromatic nitrogens is 4. The number of carbonyl (C=O) groups is 1. The van der Waals surface area contributed by atoms with Crippen LogP contribution >= 0.6 is 22.6 Å². The molecule has 8 nitrogen and oxygen atoms in total. The monoisotopic (exact) mass is 391 g/mol. The fourth-order valence-electron chi connectivity index (χ4n) is 1.48. The van der Waals surface area contributed by atoms with Gasteiger partial charge in [0.1, 0.15) is 6.54 Å². The van der Waals surface area contributed by atoms with Crippen LogP contribution in [0.25, 0.3) is 0 Å². The van der Waals surface area contributed by atoms with Gasteiger partial charge >= 0.3 is 11.8 Å². The summed E-state index contributed by atoms with van der Waals surface area (Å²) in [4.78, 5) is 17.1. The maximum Gasteiger partial charge on any atom is 0.316 e. The molecule has 0 bridgehead atoms. The Morgan fingerprint density at radius 1 is 1.55 bits per heavy atom. The lowest BCUT2D eigenvalue weighted by atomic mass is 10.5. The van der Waals surface area contributed by atoms with Gasteiger partial charge in [0.15, 0.2) is 5.82 Å². The first-order valence-corrected chi connectivity index (χ1v) is 7.20. The number of hydrogen-bond acceptors (Lipinski definition) is 5. The standard InChI is InChI=1S/C11H15IN6O2/c1-17(2)4-3-13-10(19)11-15-9(16-20-11)7-18-6-8(12)5-14-18/h5-6H,3-4,7H2,1-2H3,(H,13,19)/p+1. The van der Waals surface area contributed by atoms with Crippen LogP contribution in [-0.2, 0) is 6.54 Å². The van der Waals surface area contributed by atoms with Gasteiger partial charge in [-0.2, -0.15) is 10.1 Å². The maximum atomic E-state index is 11.8. The van der Waals surface area contributed by atoms with Crippen LogP contribution in [0.3, 0.4) is 0 Å². The van der Waals surface area contributed by atoms with Crippen molar-refractivity contribution < 1.29 is 14.2 Å². The van der Waals surface area contributed by atoms with Crippen molar-refractivity contribution in [3.63, 3.8) is 0 Å². The SMILES string of the molecule is C[NH+](C)CCNC(=O)c1nc(Cn2cc(I)cn2)no1. The quantitative estimate of drug-likeness (QED) is 0.604.